The lowest BCUT2D eigenvalue weighted by Crippen LogP contribution is -1.98. The molecule has 1 nitrogen and oxygen atoms in total. The number of hydrogen-bond acceptors (Lipinski definition) is 1. The summed E-state index contributed by atoms with van der Waals surface area (Å²) in [5.41, 5.74) is 0. The summed E-state index contributed by atoms with van der Waals surface area (Å²) in [7, 11) is 0. The summed E-state index contributed by atoms with van der Waals surface area (Å²) in [6, 6.07) is 0. The van der Waals surface area contributed by atoms with Crippen molar-refractivity contribution in [2.24, 2.45) is 5.92 Å². The van der Waals surface area contributed by atoms with E-state index in [0.717, 1.165) is 12.3 Å². The highest BCUT2D eigenvalue weighted by Gasteiger charge is 2.00. The summed E-state index contributed by atoms with van der Waals surface area (Å²) in [4.78, 5) is 0. The highest BCUT2D eigenvalue weighted by Crippen LogP contribution is 2.15. The quantitative estimate of drug-likeness (QED) is 0.542. The van der Waals surface area contributed by atoms with Crippen LogP contribution in [-0.2, 0) is 0 Å². The Kier molecular flexibility index (Phi) is 17.1. The number of aliphatic hydroxyl groups excluding tert-OH is 1. The van der Waals surface area contributed by atoms with Gasteiger partial charge < -0.3 is 5.11 Å². The van der Waals surface area contributed by atoms with Crippen LogP contribution in [0.1, 0.15) is 86.0 Å². The second-order valence-electron chi connectivity index (χ2n) is 4.73. The van der Waals surface area contributed by atoms with E-state index in [-0.39, 0.29) is 6.10 Å². The maximum Gasteiger partial charge on any atom is 0.0512 e. The Morgan fingerprint density at radius 3 is 1.75 bits per heavy atom. The van der Waals surface area contributed by atoms with E-state index in [0.29, 0.717) is 0 Å². The zero-order chi connectivity index (χ0) is 12.8. The number of unbranched alkanes of at least 4 members (excludes halogenated alkanes) is 3. The van der Waals surface area contributed by atoms with Crippen molar-refractivity contribution < 1.29 is 5.11 Å². The Labute approximate surface area is 104 Å². The SMILES string of the molecule is CC.CCCC(C)CCCCCCC(C)O. The van der Waals surface area contributed by atoms with Crippen molar-refractivity contribution in [1.82, 2.24) is 0 Å². The molecule has 2 unspecified atom stereocenters. The minimum absolute atomic E-state index is 0.103. The molecule has 2 atom stereocenters. The molecule has 0 spiro atoms. The molecule has 0 aromatic rings. The molecule has 0 amide bonds. The van der Waals surface area contributed by atoms with Crippen molar-refractivity contribution in [2.45, 2.75) is 92.1 Å². The van der Waals surface area contributed by atoms with Crippen molar-refractivity contribution in [2.75, 3.05) is 0 Å². The second-order valence-corrected chi connectivity index (χ2v) is 4.73. The van der Waals surface area contributed by atoms with E-state index in [1.165, 1.54) is 44.9 Å². The Balaban J connectivity index is 0. The van der Waals surface area contributed by atoms with E-state index < -0.39 is 0 Å². The molecule has 100 valence electrons. The average Bonchev–Trinajstić information content (AvgIpc) is 2.26. The van der Waals surface area contributed by atoms with E-state index in [1.54, 1.807) is 0 Å². The Hall–Kier alpha value is -0.0400. The van der Waals surface area contributed by atoms with Crippen molar-refractivity contribution in [1.29, 1.82) is 0 Å². The highest BCUT2D eigenvalue weighted by molar-refractivity contribution is 4.54. The second kappa shape index (κ2) is 15.0. The van der Waals surface area contributed by atoms with Gasteiger partial charge in [0.15, 0.2) is 0 Å². The molecule has 0 fully saturated rings. The third-order valence-electron chi connectivity index (χ3n) is 2.85. The fourth-order valence-electron chi connectivity index (χ4n) is 1.92. The van der Waals surface area contributed by atoms with Gasteiger partial charge in [0.2, 0.25) is 0 Å². The van der Waals surface area contributed by atoms with Gasteiger partial charge in [-0.05, 0) is 19.3 Å². The van der Waals surface area contributed by atoms with Gasteiger partial charge in [-0.15, -0.1) is 0 Å². The zero-order valence-electron chi connectivity index (χ0n) is 12.3. The summed E-state index contributed by atoms with van der Waals surface area (Å²) in [5, 5.41) is 9.07. The molecule has 0 aliphatic carbocycles. The maximum atomic E-state index is 9.07. The van der Waals surface area contributed by atoms with Crippen LogP contribution in [0.4, 0.5) is 0 Å². The number of aliphatic hydroxyl groups is 1. The van der Waals surface area contributed by atoms with Crippen LogP contribution < -0.4 is 0 Å². The summed E-state index contributed by atoms with van der Waals surface area (Å²) >= 11 is 0. The van der Waals surface area contributed by atoms with Crippen molar-refractivity contribution in [3.8, 4) is 0 Å². The molecule has 0 radical (unpaired) electrons. The lowest BCUT2D eigenvalue weighted by Gasteiger charge is -2.09. The third-order valence-corrected chi connectivity index (χ3v) is 2.85. The van der Waals surface area contributed by atoms with Crippen LogP contribution in [0, 0.1) is 5.92 Å². The minimum atomic E-state index is -0.103. The van der Waals surface area contributed by atoms with Crippen LogP contribution >= 0.6 is 0 Å². The zero-order valence-corrected chi connectivity index (χ0v) is 12.3. The molecule has 1 heteroatoms. The topological polar surface area (TPSA) is 20.2 Å². The molecular formula is C15H34O. The fraction of sp³-hybridized carbons (Fsp3) is 1.00. The number of hydrogen-bond donors (Lipinski definition) is 1. The van der Waals surface area contributed by atoms with Crippen molar-refractivity contribution in [3.63, 3.8) is 0 Å². The first-order valence-corrected chi connectivity index (χ1v) is 7.34. The van der Waals surface area contributed by atoms with Gasteiger partial charge in [-0.3, -0.25) is 0 Å². The predicted octanol–water partition coefficient (Wildman–Crippen LogP) is 5.17. The minimum Gasteiger partial charge on any atom is -0.393 e. The molecule has 0 aromatic heterocycles. The van der Waals surface area contributed by atoms with Crippen LogP contribution in [0.3, 0.4) is 0 Å². The van der Waals surface area contributed by atoms with Gasteiger partial charge >= 0.3 is 0 Å². The molecule has 16 heavy (non-hydrogen) atoms. The lowest BCUT2D eigenvalue weighted by atomic mass is 9.98. The molecule has 0 aliphatic heterocycles. The molecule has 0 saturated carbocycles. The molecule has 0 rings (SSSR count). The molecule has 0 aliphatic rings. The van der Waals surface area contributed by atoms with Gasteiger partial charge in [-0.2, -0.15) is 0 Å². The van der Waals surface area contributed by atoms with Gasteiger partial charge in [0.05, 0.1) is 6.10 Å². The maximum absolute atomic E-state index is 9.07. The average molecular weight is 230 g/mol. The van der Waals surface area contributed by atoms with E-state index >= 15 is 0 Å². The summed E-state index contributed by atoms with van der Waals surface area (Å²) < 4.78 is 0. The number of rotatable bonds is 9. The van der Waals surface area contributed by atoms with Crippen LogP contribution in [-0.4, -0.2) is 11.2 Å². The summed E-state index contributed by atoms with van der Waals surface area (Å²) in [6.07, 6.45) is 10.2. The van der Waals surface area contributed by atoms with Crippen LogP contribution in [0.25, 0.3) is 0 Å². The van der Waals surface area contributed by atoms with Gasteiger partial charge in [0, 0.05) is 0 Å². The summed E-state index contributed by atoms with van der Waals surface area (Å²) in [5.74, 6) is 0.914. The first-order valence-electron chi connectivity index (χ1n) is 7.34. The van der Waals surface area contributed by atoms with E-state index in [2.05, 4.69) is 13.8 Å². The smallest absolute Gasteiger partial charge is 0.0512 e. The standard InChI is InChI=1S/C13H28O.C2H6/c1-4-9-12(2)10-7-5-6-8-11-13(3)14;1-2/h12-14H,4-11H2,1-3H3;1-2H3. The van der Waals surface area contributed by atoms with Gasteiger partial charge in [0.25, 0.3) is 0 Å². The predicted molar refractivity (Wildman–Crippen MR) is 74.8 cm³/mol. The molecular weight excluding hydrogens is 196 g/mol. The fourth-order valence-corrected chi connectivity index (χ4v) is 1.92. The third kappa shape index (κ3) is 16.4. The largest absolute Gasteiger partial charge is 0.393 e. The highest BCUT2D eigenvalue weighted by atomic mass is 16.3. The Bertz CT molecular complexity index is 110. The van der Waals surface area contributed by atoms with E-state index in [4.69, 9.17) is 5.11 Å². The van der Waals surface area contributed by atoms with Crippen LogP contribution in [0.5, 0.6) is 0 Å². The Morgan fingerprint density at radius 1 is 0.812 bits per heavy atom. The van der Waals surface area contributed by atoms with Crippen LogP contribution in [0.15, 0.2) is 0 Å². The summed E-state index contributed by atoms with van der Waals surface area (Å²) in [6.45, 7) is 10.5. The first kappa shape index (κ1) is 18.3. The van der Waals surface area contributed by atoms with Gasteiger partial charge in [0.1, 0.15) is 0 Å². The van der Waals surface area contributed by atoms with Crippen molar-refractivity contribution in [3.05, 3.63) is 0 Å². The first-order chi connectivity index (χ1) is 7.66. The van der Waals surface area contributed by atoms with Gasteiger partial charge in [-0.25, -0.2) is 0 Å². The monoisotopic (exact) mass is 230 g/mol. The molecule has 0 saturated heterocycles. The molecule has 1 N–H and O–H groups in total. The lowest BCUT2D eigenvalue weighted by molar-refractivity contribution is 0.180. The molecule has 0 bridgehead atoms. The molecule has 0 aromatic carbocycles. The van der Waals surface area contributed by atoms with Gasteiger partial charge in [-0.1, -0.05) is 72.6 Å². The van der Waals surface area contributed by atoms with Crippen molar-refractivity contribution >= 4 is 0 Å². The van der Waals surface area contributed by atoms with E-state index in [9.17, 15) is 0 Å². The Morgan fingerprint density at radius 2 is 1.31 bits per heavy atom. The van der Waals surface area contributed by atoms with E-state index in [1.807, 2.05) is 20.8 Å². The normalized spacial score (nSPS) is 13.9. The molecule has 0 heterocycles. The van der Waals surface area contributed by atoms with Crippen LogP contribution in [0.2, 0.25) is 0 Å².